The molecule has 0 radical (unpaired) electrons. The van der Waals surface area contributed by atoms with E-state index in [0.717, 1.165) is 38.5 Å². The zero-order valence-corrected chi connectivity index (χ0v) is 43.9. The lowest BCUT2D eigenvalue weighted by molar-refractivity contribution is -0.870. The molecule has 0 fully saturated rings. The molecule has 0 aromatic heterocycles. The molecule has 0 heterocycles. The van der Waals surface area contributed by atoms with Crippen molar-refractivity contribution in [2.24, 2.45) is 0 Å². The van der Waals surface area contributed by atoms with Crippen molar-refractivity contribution in [3.05, 3.63) is 0 Å². The Labute approximate surface area is 403 Å². The molecule has 0 aromatic rings. The maximum absolute atomic E-state index is 12.9. The molecule has 9 nitrogen and oxygen atoms in total. The molecular formula is C56H110NO8+. The second-order valence-corrected chi connectivity index (χ2v) is 20.6. The first-order valence-electron chi connectivity index (χ1n) is 28.2. The minimum atomic E-state index is -1.50. The molecular weight excluding hydrogens is 815 g/mol. The quantitative estimate of drug-likeness (QED) is 0.0278. The summed E-state index contributed by atoms with van der Waals surface area (Å²) in [6.45, 7) is 4.95. The SMILES string of the molecule is CCCCCCCCCCCCCCCCCCCCCCC(=O)OCC(COC(OCC[N+](C)(C)C)C(=O)O)OC(=O)CCCCCCCCCCCCCCCCCCCCCC. The molecule has 0 amide bonds. The molecule has 0 saturated heterocycles. The van der Waals surface area contributed by atoms with E-state index in [1.807, 2.05) is 21.1 Å². The molecule has 0 aliphatic carbocycles. The van der Waals surface area contributed by atoms with Gasteiger partial charge in [0.1, 0.15) is 13.2 Å². The minimum absolute atomic E-state index is 0.172. The number of carboxylic acids is 1. The van der Waals surface area contributed by atoms with Crippen LogP contribution in [0, 0.1) is 0 Å². The number of rotatable bonds is 53. The van der Waals surface area contributed by atoms with Gasteiger partial charge in [0, 0.05) is 12.8 Å². The summed E-state index contributed by atoms with van der Waals surface area (Å²) in [7, 11) is 5.98. The van der Waals surface area contributed by atoms with Crippen molar-refractivity contribution in [1.82, 2.24) is 0 Å². The summed E-state index contributed by atoms with van der Waals surface area (Å²) in [6.07, 6.45) is 50.3. The second kappa shape index (κ2) is 48.7. The van der Waals surface area contributed by atoms with Gasteiger partial charge in [-0.3, -0.25) is 9.59 Å². The second-order valence-electron chi connectivity index (χ2n) is 20.6. The number of carbonyl (C=O) groups excluding carboxylic acids is 2. The number of quaternary nitrogens is 1. The Hall–Kier alpha value is -1.71. The number of hydrogen-bond acceptors (Lipinski definition) is 7. The molecule has 0 aliphatic rings. The molecule has 0 aliphatic heterocycles. The van der Waals surface area contributed by atoms with Crippen LogP contribution in [0.3, 0.4) is 0 Å². The van der Waals surface area contributed by atoms with Gasteiger partial charge < -0.3 is 28.5 Å². The van der Waals surface area contributed by atoms with E-state index in [9.17, 15) is 19.5 Å². The molecule has 65 heavy (non-hydrogen) atoms. The molecule has 386 valence electrons. The average Bonchev–Trinajstić information content (AvgIpc) is 3.27. The van der Waals surface area contributed by atoms with E-state index >= 15 is 0 Å². The Morgan fingerprint density at radius 2 is 0.692 bits per heavy atom. The van der Waals surface area contributed by atoms with Crippen molar-refractivity contribution in [3.63, 3.8) is 0 Å². The lowest BCUT2D eigenvalue weighted by atomic mass is 10.0. The third-order valence-corrected chi connectivity index (χ3v) is 12.9. The summed E-state index contributed by atoms with van der Waals surface area (Å²) in [5, 5.41) is 9.69. The first-order chi connectivity index (χ1) is 31.6. The van der Waals surface area contributed by atoms with Crippen molar-refractivity contribution in [3.8, 4) is 0 Å². The summed E-state index contributed by atoms with van der Waals surface area (Å²) in [5.41, 5.74) is 0. The molecule has 0 aromatic carbocycles. The maximum Gasteiger partial charge on any atom is 0.361 e. The number of likely N-dealkylation sites (N-methyl/N-ethyl adjacent to an activating group) is 1. The van der Waals surface area contributed by atoms with Crippen LogP contribution in [-0.2, 0) is 33.3 Å². The molecule has 0 bridgehead atoms. The van der Waals surface area contributed by atoms with Gasteiger partial charge in [-0.2, -0.15) is 0 Å². The molecule has 2 atom stereocenters. The van der Waals surface area contributed by atoms with Gasteiger partial charge in [0.2, 0.25) is 0 Å². The van der Waals surface area contributed by atoms with Crippen LogP contribution < -0.4 is 0 Å². The highest BCUT2D eigenvalue weighted by molar-refractivity contribution is 5.71. The predicted molar refractivity (Wildman–Crippen MR) is 272 cm³/mol. The number of carbonyl (C=O) groups is 3. The van der Waals surface area contributed by atoms with E-state index in [0.29, 0.717) is 17.4 Å². The number of aliphatic carboxylic acids is 1. The molecule has 1 N–H and O–H groups in total. The smallest absolute Gasteiger partial charge is 0.361 e. The van der Waals surface area contributed by atoms with Crippen LogP contribution in [0.15, 0.2) is 0 Å². The van der Waals surface area contributed by atoms with E-state index in [4.69, 9.17) is 18.9 Å². The first kappa shape index (κ1) is 63.3. The minimum Gasteiger partial charge on any atom is -0.477 e. The lowest BCUT2D eigenvalue weighted by Crippen LogP contribution is -2.40. The van der Waals surface area contributed by atoms with Gasteiger partial charge in [-0.1, -0.05) is 258 Å². The van der Waals surface area contributed by atoms with E-state index < -0.39 is 18.4 Å². The van der Waals surface area contributed by atoms with Gasteiger partial charge in [-0.25, -0.2) is 4.79 Å². The fourth-order valence-corrected chi connectivity index (χ4v) is 8.49. The van der Waals surface area contributed by atoms with Crippen LogP contribution in [0.25, 0.3) is 0 Å². The van der Waals surface area contributed by atoms with E-state index in [1.54, 1.807) is 0 Å². The average molecular weight is 925 g/mol. The summed E-state index contributed by atoms with van der Waals surface area (Å²) in [6, 6.07) is 0. The summed E-state index contributed by atoms with van der Waals surface area (Å²) < 4.78 is 22.9. The van der Waals surface area contributed by atoms with Crippen LogP contribution in [0.2, 0.25) is 0 Å². The van der Waals surface area contributed by atoms with Crippen molar-refractivity contribution >= 4 is 17.9 Å². The number of carboxylic acid groups (broad SMARTS) is 1. The van der Waals surface area contributed by atoms with Gasteiger partial charge in [-0.05, 0) is 12.8 Å². The van der Waals surface area contributed by atoms with Crippen molar-refractivity contribution in [1.29, 1.82) is 0 Å². The Bertz CT molecular complexity index is 1030. The van der Waals surface area contributed by atoms with Crippen molar-refractivity contribution in [2.45, 2.75) is 296 Å². The maximum atomic E-state index is 12.9. The lowest BCUT2D eigenvalue weighted by Gasteiger charge is -2.25. The van der Waals surface area contributed by atoms with E-state index in [2.05, 4.69) is 13.8 Å². The summed E-state index contributed by atoms with van der Waals surface area (Å²) >= 11 is 0. The van der Waals surface area contributed by atoms with Gasteiger partial charge in [0.25, 0.3) is 6.29 Å². The van der Waals surface area contributed by atoms with E-state index in [1.165, 1.54) is 218 Å². The van der Waals surface area contributed by atoms with Crippen molar-refractivity contribution < 1.29 is 42.9 Å². The largest absolute Gasteiger partial charge is 0.477 e. The van der Waals surface area contributed by atoms with Gasteiger partial charge >= 0.3 is 17.9 Å². The van der Waals surface area contributed by atoms with Crippen LogP contribution in [-0.4, -0.2) is 87.4 Å². The van der Waals surface area contributed by atoms with Gasteiger partial charge in [-0.15, -0.1) is 0 Å². The van der Waals surface area contributed by atoms with E-state index in [-0.39, 0.29) is 38.2 Å². The topological polar surface area (TPSA) is 108 Å². The van der Waals surface area contributed by atoms with Gasteiger partial charge in [0.05, 0.1) is 34.4 Å². The Morgan fingerprint density at radius 1 is 0.400 bits per heavy atom. The zero-order chi connectivity index (χ0) is 47.7. The fourth-order valence-electron chi connectivity index (χ4n) is 8.49. The van der Waals surface area contributed by atoms with Crippen LogP contribution in [0.4, 0.5) is 0 Å². The Balaban J connectivity index is 4.22. The molecule has 0 spiro atoms. The number of nitrogens with zero attached hydrogens (tertiary/aromatic N) is 1. The Morgan fingerprint density at radius 3 is 0.985 bits per heavy atom. The summed E-state index contributed by atoms with van der Waals surface area (Å²) in [4.78, 5) is 37.4. The summed E-state index contributed by atoms with van der Waals surface area (Å²) in [5.74, 6) is -1.97. The molecule has 9 heteroatoms. The fraction of sp³-hybridized carbons (Fsp3) is 0.946. The van der Waals surface area contributed by atoms with Gasteiger partial charge in [0.15, 0.2) is 6.10 Å². The normalized spacial score (nSPS) is 12.7. The monoisotopic (exact) mass is 925 g/mol. The van der Waals surface area contributed by atoms with Crippen LogP contribution in [0.5, 0.6) is 0 Å². The molecule has 0 rings (SSSR count). The molecule has 0 saturated carbocycles. The third kappa shape index (κ3) is 50.0. The molecule has 2 unspecified atom stereocenters. The zero-order valence-electron chi connectivity index (χ0n) is 43.9. The Kier molecular flexibility index (Phi) is 47.5. The predicted octanol–water partition coefficient (Wildman–Crippen LogP) is 16.0. The number of hydrogen-bond donors (Lipinski definition) is 1. The van der Waals surface area contributed by atoms with Crippen LogP contribution >= 0.6 is 0 Å². The third-order valence-electron chi connectivity index (χ3n) is 12.9. The first-order valence-corrected chi connectivity index (χ1v) is 28.2. The number of ether oxygens (including phenoxy) is 4. The van der Waals surface area contributed by atoms with Crippen molar-refractivity contribution in [2.75, 3.05) is 47.5 Å². The highest BCUT2D eigenvalue weighted by atomic mass is 16.7. The standard InChI is InChI=1S/C56H109NO8/c1-6-8-10-12-14-16-18-20-22-24-26-28-30-32-34-36-38-40-42-44-46-53(58)63-50-52(51-64-56(55(60)61)62-49-48-57(3,4)5)65-54(59)47-45-43-41-39-37-35-33-31-29-27-25-23-21-19-17-15-13-11-9-7-2/h52,56H,6-51H2,1-5H3/p+1. The highest BCUT2D eigenvalue weighted by Gasteiger charge is 2.25. The van der Waals surface area contributed by atoms with Crippen LogP contribution in [0.1, 0.15) is 284 Å². The number of esters is 2. The highest BCUT2D eigenvalue weighted by Crippen LogP contribution is 2.18. The number of unbranched alkanes of at least 4 members (excludes halogenated alkanes) is 38.